The zero-order valence-electron chi connectivity index (χ0n) is 44.3. The maximum absolute atomic E-state index is 14.1. The number of carboxylic acids is 1. The fraction of sp³-hybridized carbons (Fsp3) is 0.587. The molecule has 80 heavy (non-hydrogen) atoms. The molecule has 0 aromatic carbocycles. The maximum Gasteiger partial charge on any atom is 0.327 e. The molecule has 444 valence electrons. The molecular formula is C46H73N17O15S2. The first kappa shape index (κ1) is 68.3. The highest BCUT2D eigenvalue weighted by atomic mass is 32.1. The zero-order chi connectivity index (χ0) is 60.4. The minimum absolute atomic E-state index is 0.0534. The molecule has 2 rings (SSSR count). The minimum atomic E-state index is -1.96. The lowest BCUT2D eigenvalue weighted by molar-refractivity contribution is -0.142. The van der Waals surface area contributed by atoms with Gasteiger partial charge in [0.2, 0.25) is 70.9 Å². The summed E-state index contributed by atoms with van der Waals surface area (Å²) in [4.78, 5) is 184. The van der Waals surface area contributed by atoms with Crippen LogP contribution in [-0.2, 0) is 75.2 Å². The van der Waals surface area contributed by atoms with Gasteiger partial charge >= 0.3 is 5.97 Å². The molecule has 32 nitrogen and oxygen atoms in total. The van der Waals surface area contributed by atoms with Gasteiger partial charge in [-0.3, -0.25) is 57.5 Å². The third kappa shape index (κ3) is 23.2. The van der Waals surface area contributed by atoms with Crippen LogP contribution < -0.4 is 70.8 Å². The number of rotatable bonds is 37. The molecule has 0 saturated carbocycles. The third-order valence-corrected chi connectivity index (χ3v) is 12.8. The van der Waals surface area contributed by atoms with E-state index in [1.54, 1.807) is 13.8 Å². The number of hydrogen-bond donors (Lipinski definition) is 19. The Morgan fingerprint density at radius 1 is 0.525 bits per heavy atom. The van der Waals surface area contributed by atoms with E-state index >= 15 is 0 Å². The van der Waals surface area contributed by atoms with Gasteiger partial charge in [0.05, 0.1) is 31.7 Å². The van der Waals surface area contributed by atoms with Crippen LogP contribution in [0.3, 0.4) is 0 Å². The first-order valence-electron chi connectivity index (χ1n) is 25.0. The van der Waals surface area contributed by atoms with Crippen molar-refractivity contribution in [2.24, 2.45) is 34.8 Å². The Kier molecular flexibility index (Phi) is 29.2. The second-order valence-electron chi connectivity index (χ2n) is 18.8. The number of carboxylic acid groups (broad SMARTS) is 1. The van der Waals surface area contributed by atoms with Gasteiger partial charge in [0.15, 0.2) is 0 Å². The summed E-state index contributed by atoms with van der Waals surface area (Å²) in [6, 6.07) is -15.5. The van der Waals surface area contributed by atoms with E-state index < -0.39 is 194 Å². The predicted octanol–water partition coefficient (Wildman–Crippen LogP) is -7.35. The number of aliphatic hydroxyl groups is 1. The summed E-state index contributed by atoms with van der Waals surface area (Å²) in [5.41, 5.74) is 23.1. The van der Waals surface area contributed by atoms with E-state index in [0.29, 0.717) is 17.8 Å². The highest BCUT2D eigenvalue weighted by Crippen LogP contribution is 2.12. The fourth-order valence-electron chi connectivity index (χ4n) is 7.28. The monoisotopic (exact) mass is 1170 g/mol. The van der Waals surface area contributed by atoms with Crippen molar-refractivity contribution in [2.45, 2.75) is 139 Å². The van der Waals surface area contributed by atoms with E-state index in [2.05, 4.69) is 93.0 Å². The van der Waals surface area contributed by atoms with E-state index in [1.807, 2.05) is 0 Å². The smallest absolute Gasteiger partial charge is 0.327 e. The summed E-state index contributed by atoms with van der Waals surface area (Å²) < 4.78 is 0. The van der Waals surface area contributed by atoms with Gasteiger partial charge in [0, 0.05) is 61.0 Å². The fourth-order valence-corrected chi connectivity index (χ4v) is 7.79. The number of imidazole rings is 2. The van der Waals surface area contributed by atoms with Gasteiger partial charge in [-0.2, -0.15) is 25.3 Å². The number of thiol groups is 2. The molecule has 0 aliphatic carbocycles. The second-order valence-corrected chi connectivity index (χ2v) is 19.5. The van der Waals surface area contributed by atoms with Crippen molar-refractivity contribution in [3.63, 3.8) is 0 Å². The number of nitrogens with two attached hydrogens (primary N) is 4. The van der Waals surface area contributed by atoms with Crippen molar-refractivity contribution >= 4 is 102 Å². The third-order valence-electron chi connectivity index (χ3n) is 12.1. The van der Waals surface area contributed by atoms with E-state index in [9.17, 15) is 72.5 Å². The number of aliphatic carboxylic acids is 1. The Labute approximate surface area is 469 Å². The lowest BCUT2D eigenvalue weighted by Crippen LogP contribution is -2.62. The summed E-state index contributed by atoms with van der Waals surface area (Å²) in [6.45, 7) is 5.30. The summed E-state index contributed by atoms with van der Waals surface area (Å²) in [7, 11) is 0. The largest absolute Gasteiger partial charge is 0.480 e. The average Bonchev–Trinajstić information content (AvgIpc) is 4.13. The Morgan fingerprint density at radius 2 is 0.925 bits per heavy atom. The Hall–Kier alpha value is -7.85. The molecule has 0 aliphatic heterocycles. The summed E-state index contributed by atoms with van der Waals surface area (Å²) >= 11 is 8.01. The standard InChI is InChI=1S/C46H73N17O15S2/c1-5-21(4)36(63-37(68)24(47)10-22-13-51-18-53-22)45(76)58-27(11-23-14-52-19-54-23)40(71)55-25(6-8-32(48)65)38(69)59-29(15-64)42(73)57-28(12-34(50)67)41(72)60-30(16-79)43(74)56-26(7-9-33(49)66)39(70)62-35(20(2)3)44(75)61-31(17-80)46(77)78/h13-14,18-21,24-31,35-36,64,79-80H,5-12,15-17,47H2,1-4H3,(H2,48,65)(H2,49,66)(H2,50,67)(H,51,53)(H,52,54)(H,55,71)(H,56,74)(H,57,73)(H,58,76)(H,59,69)(H,60,72)(H,61,75)(H,62,70)(H,63,68)(H,77,78)/t21-,24-,25-,26-,27-,28-,29-,30-,31-,35-,36-/m0/s1. The number of aliphatic hydroxyl groups excluding tert-OH is 1. The number of amides is 12. The van der Waals surface area contributed by atoms with E-state index in [0.717, 1.165) is 0 Å². The second kappa shape index (κ2) is 34.2. The van der Waals surface area contributed by atoms with Crippen molar-refractivity contribution in [1.82, 2.24) is 67.8 Å². The molecule has 2 aromatic heterocycles. The normalized spacial score (nSPS) is 15.2. The van der Waals surface area contributed by atoms with E-state index in [1.165, 1.54) is 38.9 Å². The quantitative estimate of drug-likeness (QED) is 0.0280. The van der Waals surface area contributed by atoms with Crippen molar-refractivity contribution < 1.29 is 72.5 Å². The summed E-state index contributed by atoms with van der Waals surface area (Å²) in [5.74, 6) is -15.7. The lowest BCUT2D eigenvalue weighted by Gasteiger charge is -2.28. The molecule has 12 amide bonds. The van der Waals surface area contributed by atoms with Crippen molar-refractivity contribution in [2.75, 3.05) is 18.1 Å². The van der Waals surface area contributed by atoms with Gasteiger partial charge in [-0.25, -0.2) is 14.8 Å². The summed E-state index contributed by atoms with van der Waals surface area (Å²) in [6.07, 6.45) is 2.83. The molecule has 0 radical (unpaired) electrons. The maximum atomic E-state index is 14.1. The molecule has 0 saturated heterocycles. The number of hydrogen-bond acceptors (Lipinski definition) is 19. The number of H-pyrrole nitrogens is 2. The molecule has 2 heterocycles. The van der Waals surface area contributed by atoms with E-state index in [-0.39, 0.29) is 18.6 Å². The van der Waals surface area contributed by atoms with Crippen molar-refractivity contribution in [3.05, 3.63) is 36.4 Å². The number of aromatic amines is 2. The molecule has 0 aliphatic rings. The molecule has 0 spiro atoms. The molecule has 2 aromatic rings. The van der Waals surface area contributed by atoms with Gasteiger partial charge in [-0.15, -0.1) is 0 Å². The average molecular weight is 1170 g/mol. The van der Waals surface area contributed by atoms with Crippen LogP contribution in [0.1, 0.15) is 77.6 Å². The molecule has 34 heteroatoms. The van der Waals surface area contributed by atoms with Crippen LogP contribution in [0.2, 0.25) is 0 Å². The number of nitrogens with one attached hydrogen (secondary N) is 11. The van der Waals surface area contributed by atoms with Gasteiger partial charge in [0.25, 0.3) is 0 Å². The lowest BCUT2D eigenvalue weighted by atomic mass is 9.96. The molecule has 11 atom stereocenters. The highest BCUT2D eigenvalue weighted by molar-refractivity contribution is 7.80. The predicted molar refractivity (Wildman–Crippen MR) is 287 cm³/mol. The number of carbonyl (C=O) groups excluding carboxylic acids is 12. The first-order chi connectivity index (χ1) is 37.6. The van der Waals surface area contributed by atoms with Gasteiger partial charge in [-0.1, -0.05) is 34.1 Å². The molecule has 0 bridgehead atoms. The number of nitrogens with zero attached hydrogens (tertiary/aromatic N) is 2. The van der Waals surface area contributed by atoms with Crippen LogP contribution in [0, 0.1) is 11.8 Å². The van der Waals surface area contributed by atoms with Gasteiger partial charge in [0.1, 0.15) is 54.4 Å². The molecule has 0 unspecified atom stereocenters. The van der Waals surface area contributed by atoms with E-state index in [4.69, 9.17) is 22.9 Å². The minimum Gasteiger partial charge on any atom is -0.480 e. The van der Waals surface area contributed by atoms with Crippen molar-refractivity contribution in [3.8, 4) is 0 Å². The first-order valence-corrected chi connectivity index (χ1v) is 26.3. The summed E-state index contributed by atoms with van der Waals surface area (Å²) in [5, 5.41) is 40.9. The SMILES string of the molecule is CC[C@H](C)[C@H](NC(=O)[C@@H](N)Cc1cnc[nH]1)C(=O)N[C@@H](Cc1cnc[nH]1)C(=O)N[C@@H](CCC(N)=O)C(=O)N[C@@H](CO)C(=O)N[C@@H](CC(N)=O)C(=O)N[C@@H](CS)C(=O)N[C@@H](CCC(N)=O)C(=O)N[C@H](C(=O)N[C@@H](CS)C(=O)O)C(C)C. The van der Waals surface area contributed by atoms with Crippen LogP contribution in [0.5, 0.6) is 0 Å². The van der Waals surface area contributed by atoms with Crippen molar-refractivity contribution in [1.29, 1.82) is 0 Å². The number of primary amides is 3. The molecule has 0 fully saturated rings. The van der Waals surface area contributed by atoms with Gasteiger partial charge < -0.3 is 91.0 Å². The Bertz CT molecular complexity index is 2470. The highest BCUT2D eigenvalue weighted by Gasteiger charge is 2.37. The Balaban J connectivity index is 2.34. The topological polar surface area (TPSA) is 532 Å². The Morgan fingerprint density at radius 3 is 1.38 bits per heavy atom. The van der Waals surface area contributed by atoms with Gasteiger partial charge in [-0.05, 0) is 24.7 Å². The number of carbonyl (C=O) groups is 13. The zero-order valence-corrected chi connectivity index (χ0v) is 46.1. The van der Waals surface area contributed by atoms with Crippen LogP contribution >= 0.6 is 25.3 Å². The van der Waals surface area contributed by atoms with Crippen LogP contribution in [0.25, 0.3) is 0 Å². The number of aromatic nitrogens is 4. The molecular weight excluding hydrogens is 1090 g/mol. The van der Waals surface area contributed by atoms with Crippen LogP contribution in [-0.4, -0.2) is 186 Å². The molecule has 21 N–H and O–H groups in total. The van der Waals surface area contributed by atoms with Crippen LogP contribution in [0.15, 0.2) is 25.0 Å². The van der Waals surface area contributed by atoms with Crippen LogP contribution in [0.4, 0.5) is 0 Å².